The van der Waals surface area contributed by atoms with Gasteiger partial charge in [0.25, 0.3) is 5.91 Å². The number of esters is 1. The number of benzene rings is 2. The predicted molar refractivity (Wildman–Crippen MR) is 76.2 cm³/mol. The molecule has 0 saturated heterocycles. The fourth-order valence-corrected chi connectivity index (χ4v) is 1.61. The quantitative estimate of drug-likeness (QED) is 0.667. The van der Waals surface area contributed by atoms with Crippen LogP contribution in [-0.2, 0) is 9.53 Å². The monoisotopic (exact) mass is 288 g/mol. The van der Waals surface area contributed by atoms with Gasteiger partial charge in [-0.15, -0.1) is 0 Å². The predicted octanol–water partition coefficient (Wildman–Crippen LogP) is 2.20. The maximum absolute atomic E-state index is 12.7. The van der Waals surface area contributed by atoms with Crippen molar-refractivity contribution in [3.63, 3.8) is 0 Å². The summed E-state index contributed by atoms with van der Waals surface area (Å²) in [6, 6.07) is 11.5. The Morgan fingerprint density at radius 1 is 1.14 bits per heavy atom. The van der Waals surface area contributed by atoms with E-state index in [2.05, 4.69) is 5.32 Å². The topological polar surface area (TPSA) is 81.4 Å². The number of carbonyl (C=O) groups is 2. The SMILES string of the molecule is Nc1cccc(C(=O)OCC(=O)Nc2ccc(F)cc2)c1. The smallest absolute Gasteiger partial charge is 0.338 e. The van der Waals surface area contributed by atoms with Crippen molar-refractivity contribution in [1.82, 2.24) is 0 Å². The second-order valence-electron chi connectivity index (χ2n) is 4.26. The summed E-state index contributed by atoms with van der Waals surface area (Å²) in [6.45, 7) is -0.439. The van der Waals surface area contributed by atoms with Crippen LogP contribution in [-0.4, -0.2) is 18.5 Å². The van der Waals surface area contributed by atoms with Crippen LogP contribution in [0.5, 0.6) is 0 Å². The molecule has 0 saturated carbocycles. The van der Waals surface area contributed by atoms with Crippen LogP contribution in [0.3, 0.4) is 0 Å². The first-order valence-corrected chi connectivity index (χ1v) is 6.12. The minimum absolute atomic E-state index is 0.268. The third-order valence-electron chi connectivity index (χ3n) is 2.58. The molecule has 1 amide bonds. The molecule has 0 radical (unpaired) electrons. The van der Waals surface area contributed by atoms with E-state index >= 15 is 0 Å². The lowest BCUT2D eigenvalue weighted by Gasteiger charge is -2.07. The van der Waals surface area contributed by atoms with E-state index in [4.69, 9.17) is 10.5 Å². The van der Waals surface area contributed by atoms with Gasteiger partial charge in [-0.25, -0.2) is 9.18 Å². The van der Waals surface area contributed by atoms with Crippen LogP contribution in [0.4, 0.5) is 15.8 Å². The van der Waals surface area contributed by atoms with Crippen molar-refractivity contribution in [3.8, 4) is 0 Å². The molecule has 0 atom stereocenters. The molecule has 3 N–H and O–H groups in total. The van der Waals surface area contributed by atoms with Gasteiger partial charge in [-0.1, -0.05) is 6.07 Å². The van der Waals surface area contributed by atoms with Crippen LogP contribution in [0.25, 0.3) is 0 Å². The van der Waals surface area contributed by atoms with Crippen molar-refractivity contribution in [2.75, 3.05) is 17.7 Å². The van der Waals surface area contributed by atoms with Gasteiger partial charge in [0, 0.05) is 11.4 Å². The van der Waals surface area contributed by atoms with Crippen molar-refractivity contribution in [2.45, 2.75) is 0 Å². The number of hydrogen-bond acceptors (Lipinski definition) is 4. The standard InChI is InChI=1S/C15H13FN2O3/c16-11-4-6-13(7-5-11)18-14(19)9-21-15(20)10-2-1-3-12(17)8-10/h1-8H,9,17H2,(H,18,19). The number of anilines is 2. The number of rotatable bonds is 4. The van der Waals surface area contributed by atoms with E-state index < -0.39 is 24.3 Å². The number of carbonyl (C=O) groups excluding carboxylic acids is 2. The third-order valence-corrected chi connectivity index (χ3v) is 2.58. The van der Waals surface area contributed by atoms with Gasteiger partial charge in [0.05, 0.1) is 5.56 Å². The average molecular weight is 288 g/mol. The van der Waals surface area contributed by atoms with E-state index in [1.807, 2.05) is 0 Å². The summed E-state index contributed by atoms with van der Waals surface area (Å²) in [6.07, 6.45) is 0. The summed E-state index contributed by atoms with van der Waals surface area (Å²) >= 11 is 0. The fourth-order valence-electron chi connectivity index (χ4n) is 1.61. The van der Waals surface area contributed by atoms with E-state index in [0.29, 0.717) is 11.4 Å². The maximum Gasteiger partial charge on any atom is 0.338 e. The second kappa shape index (κ2) is 6.51. The Bertz CT molecular complexity index is 656. The highest BCUT2D eigenvalue weighted by atomic mass is 19.1. The number of ether oxygens (including phenoxy) is 1. The Kier molecular flexibility index (Phi) is 4.50. The summed E-state index contributed by atoms with van der Waals surface area (Å²) in [5, 5.41) is 2.48. The average Bonchev–Trinajstić information content (AvgIpc) is 2.47. The van der Waals surface area contributed by atoms with Crippen LogP contribution < -0.4 is 11.1 Å². The number of nitrogens with one attached hydrogen (secondary N) is 1. The lowest BCUT2D eigenvalue weighted by atomic mass is 10.2. The van der Waals surface area contributed by atoms with Gasteiger partial charge < -0.3 is 15.8 Å². The highest BCUT2D eigenvalue weighted by molar-refractivity contribution is 5.95. The molecule has 2 aromatic rings. The van der Waals surface area contributed by atoms with Gasteiger partial charge in [-0.2, -0.15) is 0 Å². The number of halogens is 1. The number of nitrogens with two attached hydrogens (primary N) is 1. The normalized spacial score (nSPS) is 9.95. The zero-order valence-electron chi connectivity index (χ0n) is 11.0. The molecule has 0 aromatic heterocycles. The maximum atomic E-state index is 12.7. The summed E-state index contributed by atoms with van der Waals surface area (Å²) < 4.78 is 17.6. The second-order valence-corrected chi connectivity index (χ2v) is 4.26. The highest BCUT2D eigenvalue weighted by Crippen LogP contribution is 2.09. The van der Waals surface area contributed by atoms with E-state index in [9.17, 15) is 14.0 Å². The molecule has 2 rings (SSSR count). The van der Waals surface area contributed by atoms with E-state index in [0.717, 1.165) is 0 Å². The zero-order valence-corrected chi connectivity index (χ0v) is 11.0. The molecule has 0 bridgehead atoms. The minimum Gasteiger partial charge on any atom is -0.452 e. The van der Waals surface area contributed by atoms with Crippen molar-refractivity contribution in [3.05, 3.63) is 59.9 Å². The molecule has 108 valence electrons. The Hall–Kier alpha value is -2.89. The molecular weight excluding hydrogens is 275 g/mol. The molecular formula is C15H13FN2O3. The molecule has 0 aliphatic rings. The molecule has 0 spiro atoms. The van der Waals surface area contributed by atoms with Gasteiger partial charge in [0.15, 0.2) is 6.61 Å². The van der Waals surface area contributed by atoms with Crippen LogP contribution in [0, 0.1) is 5.82 Å². The van der Waals surface area contributed by atoms with Gasteiger partial charge >= 0.3 is 5.97 Å². The first-order valence-electron chi connectivity index (χ1n) is 6.12. The van der Waals surface area contributed by atoms with Crippen LogP contribution in [0.1, 0.15) is 10.4 Å². The Morgan fingerprint density at radius 2 is 1.86 bits per heavy atom. The van der Waals surface area contributed by atoms with E-state index in [-0.39, 0.29) is 5.56 Å². The zero-order chi connectivity index (χ0) is 15.2. The largest absolute Gasteiger partial charge is 0.452 e. The van der Waals surface area contributed by atoms with Crippen LogP contribution >= 0.6 is 0 Å². The molecule has 21 heavy (non-hydrogen) atoms. The Morgan fingerprint density at radius 3 is 2.52 bits per heavy atom. The Labute approximate surface area is 120 Å². The van der Waals surface area contributed by atoms with Crippen molar-refractivity contribution in [2.24, 2.45) is 0 Å². The third kappa shape index (κ3) is 4.31. The van der Waals surface area contributed by atoms with Gasteiger partial charge in [0.2, 0.25) is 0 Å². The van der Waals surface area contributed by atoms with Crippen molar-refractivity contribution < 1.29 is 18.7 Å². The molecule has 0 unspecified atom stereocenters. The van der Waals surface area contributed by atoms with Crippen molar-refractivity contribution >= 4 is 23.3 Å². The molecule has 0 heterocycles. The molecule has 5 nitrogen and oxygen atoms in total. The van der Waals surface area contributed by atoms with Gasteiger partial charge in [0.1, 0.15) is 5.82 Å². The molecule has 2 aromatic carbocycles. The van der Waals surface area contributed by atoms with E-state index in [1.54, 1.807) is 12.1 Å². The molecule has 0 aliphatic carbocycles. The van der Waals surface area contributed by atoms with E-state index in [1.165, 1.54) is 36.4 Å². The fraction of sp³-hybridized carbons (Fsp3) is 0.0667. The van der Waals surface area contributed by atoms with Gasteiger partial charge in [-0.05, 0) is 42.5 Å². The summed E-state index contributed by atoms with van der Waals surface area (Å²) in [7, 11) is 0. The van der Waals surface area contributed by atoms with Crippen LogP contribution in [0.15, 0.2) is 48.5 Å². The Balaban J connectivity index is 1.86. The van der Waals surface area contributed by atoms with Crippen LogP contribution in [0.2, 0.25) is 0 Å². The number of hydrogen-bond donors (Lipinski definition) is 2. The lowest BCUT2D eigenvalue weighted by Crippen LogP contribution is -2.20. The number of amides is 1. The minimum atomic E-state index is -0.642. The highest BCUT2D eigenvalue weighted by Gasteiger charge is 2.10. The molecule has 6 heteroatoms. The first-order chi connectivity index (χ1) is 10.0. The van der Waals surface area contributed by atoms with Crippen molar-refractivity contribution in [1.29, 1.82) is 0 Å². The lowest BCUT2D eigenvalue weighted by molar-refractivity contribution is -0.119. The summed E-state index contributed by atoms with van der Waals surface area (Å²) in [5.74, 6) is -1.56. The molecule has 0 aliphatic heterocycles. The summed E-state index contributed by atoms with van der Waals surface area (Å²) in [4.78, 5) is 23.3. The van der Waals surface area contributed by atoms with Gasteiger partial charge in [-0.3, -0.25) is 4.79 Å². The summed E-state index contributed by atoms with van der Waals surface area (Å²) in [5.41, 5.74) is 6.67. The molecule has 0 fully saturated rings. The first kappa shape index (κ1) is 14.5. The number of nitrogen functional groups attached to an aromatic ring is 1.